The molecule has 1 fully saturated rings. The predicted molar refractivity (Wildman–Crippen MR) is 70.1 cm³/mol. The predicted octanol–water partition coefficient (Wildman–Crippen LogP) is 2.04. The van der Waals surface area contributed by atoms with E-state index in [2.05, 4.69) is 24.0 Å². The Morgan fingerprint density at radius 2 is 2.06 bits per heavy atom. The Hall–Kier alpha value is -1.06. The highest BCUT2D eigenvalue weighted by Crippen LogP contribution is 2.36. The lowest BCUT2D eigenvalue weighted by atomic mass is 9.94. The van der Waals surface area contributed by atoms with Crippen molar-refractivity contribution in [2.45, 2.75) is 19.4 Å². The minimum absolute atomic E-state index is 0.482. The highest BCUT2D eigenvalue weighted by molar-refractivity contribution is 5.30. The van der Waals surface area contributed by atoms with Gasteiger partial charge in [0.2, 0.25) is 0 Å². The molecule has 1 aliphatic rings. The van der Waals surface area contributed by atoms with Crippen molar-refractivity contribution in [1.29, 1.82) is 0 Å². The summed E-state index contributed by atoms with van der Waals surface area (Å²) in [6.45, 7) is 5.24. The normalized spacial score (nSPS) is 25.1. The highest BCUT2D eigenvalue weighted by Gasteiger charge is 2.33. The first-order valence-corrected chi connectivity index (χ1v) is 6.38. The Labute approximate surface area is 104 Å². The number of hydrogen-bond acceptors (Lipinski definition) is 3. The van der Waals surface area contributed by atoms with Crippen molar-refractivity contribution in [3.63, 3.8) is 0 Å². The van der Waals surface area contributed by atoms with Gasteiger partial charge in [0.1, 0.15) is 5.75 Å². The van der Waals surface area contributed by atoms with Crippen LogP contribution < -0.4 is 10.5 Å². The topological polar surface area (TPSA) is 38.5 Å². The largest absolute Gasteiger partial charge is 0.497 e. The van der Waals surface area contributed by atoms with E-state index >= 15 is 0 Å². The molecule has 94 valence electrons. The van der Waals surface area contributed by atoms with Crippen LogP contribution in [0.5, 0.6) is 5.75 Å². The van der Waals surface area contributed by atoms with Crippen LogP contribution in [0, 0.1) is 5.92 Å². The molecule has 2 atom stereocenters. The second-order valence-electron chi connectivity index (χ2n) is 4.63. The molecule has 3 heteroatoms. The lowest BCUT2D eigenvalue weighted by Gasteiger charge is -2.27. The summed E-state index contributed by atoms with van der Waals surface area (Å²) in [5, 5.41) is 0. The van der Waals surface area contributed by atoms with Gasteiger partial charge in [0.15, 0.2) is 0 Å². The van der Waals surface area contributed by atoms with Crippen LogP contribution in [0.2, 0.25) is 0 Å². The van der Waals surface area contributed by atoms with Crippen LogP contribution in [-0.4, -0.2) is 31.6 Å². The molecule has 0 saturated carbocycles. The van der Waals surface area contributed by atoms with Gasteiger partial charge in [-0.2, -0.15) is 0 Å². The maximum atomic E-state index is 5.88. The van der Waals surface area contributed by atoms with Crippen LogP contribution in [0.4, 0.5) is 0 Å². The summed E-state index contributed by atoms with van der Waals surface area (Å²) in [6.07, 6.45) is 1.21. The molecule has 0 spiro atoms. The van der Waals surface area contributed by atoms with Crippen LogP contribution in [0.15, 0.2) is 24.3 Å². The van der Waals surface area contributed by atoms with Gasteiger partial charge >= 0.3 is 0 Å². The Bertz CT molecular complexity index is 338. The highest BCUT2D eigenvalue weighted by atomic mass is 16.5. The smallest absolute Gasteiger partial charge is 0.118 e. The second kappa shape index (κ2) is 5.52. The molecule has 2 unspecified atom stereocenters. The number of rotatable bonds is 4. The fraction of sp³-hybridized carbons (Fsp3) is 0.571. The SMILES string of the molecule is CCN1CCC(CN)C1c1ccc(OC)cc1. The van der Waals surface area contributed by atoms with Gasteiger partial charge < -0.3 is 10.5 Å². The van der Waals surface area contributed by atoms with Gasteiger partial charge in [-0.1, -0.05) is 19.1 Å². The van der Waals surface area contributed by atoms with Crippen LogP contribution in [0.3, 0.4) is 0 Å². The summed E-state index contributed by atoms with van der Waals surface area (Å²) in [7, 11) is 1.70. The van der Waals surface area contributed by atoms with Crippen molar-refractivity contribution in [3.05, 3.63) is 29.8 Å². The van der Waals surface area contributed by atoms with Gasteiger partial charge in [0.05, 0.1) is 7.11 Å². The monoisotopic (exact) mass is 234 g/mol. The van der Waals surface area contributed by atoms with Gasteiger partial charge in [0.25, 0.3) is 0 Å². The Morgan fingerprint density at radius 1 is 1.35 bits per heavy atom. The minimum Gasteiger partial charge on any atom is -0.497 e. The summed E-state index contributed by atoms with van der Waals surface area (Å²) in [6, 6.07) is 8.89. The van der Waals surface area contributed by atoms with Crippen LogP contribution in [0.25, 0.3) is 0 Å². The standard InChI is InChI=1S/C14H22N2O/c1-3-16-9-8-12(10-15)14(16)11-4-6-13(17-2)7-5-11/h4-7,12,14H,3,8-10,15H2,1-2H3. The van der Waals surface area contributed by atoms with Crippen molar-refractivity contribution in [2.24, 2.45) is 11.7 Å². The van der Waals surface area contributed by atoms with E-state index in [0.717, 1.165) is 25.4 Å². The molecular formula is C14H22N2O. The van der Waals surface area contributed by atoms with E-state index < -0.39 is 0 Å². The number of benzene rings is 1. The molecule has 1 saturated heterocycles. The van der Waals surface area contributed by atoms with E-state index in [9.17, 15) is 0 Å². The molecule has 1 aromatic rings. The van der Waals surface area contributed by atoms with Crippen LogP contribution >= 0.6 is 0 Å². The van der Waals surface area contributed by atoms with E-state index in [1.54, 1.807) is 7.11 Å². The lowest BCUT2D eigenvalue weighted by molar-refractivity contribution is 0.242. The fourth-order valence-electron chi connectivity index (χ4n) is 2.81. The Morgan fingerprint density at radius 3 is 2.59 bits per heavy atom. The number of hydrogen-bond donors (Lipinski definition) is 1. The average molecular weight is 234 g/mol. The molecular weight excluding hydrogens is 212 g/mol. The number of ether oxygens (including phenoxy) is 1. The van der Waals surface area contributed by atoms with Crippen LogP contribution in [0.1, 0.15) is 24.9 Å². The van der Waals surface area contributed by atoms with E-state index in [-0.39, 0.29) is 0 Å². The molecule has 0 amide bonds. The molecule has 1 aliphatic heterocycles. The molecule has 1 aromatic carbocycles. The van der Waals surface area contributed by atoms with Gasteiger partial charge in [-0.15, -0.1) is 0 Å². The zero-order valence-corrected chi connectivity index (χ0v) is 10.7. The molecule has 2 rings (SSSR count). The summed E-state index contributed by atoms with van der Waals surface area (Å²) >= 11 is 0. The second-order valence-corrected chi connectivity index (χ2v) is 4.63. The molecule has 0 aliphatic carbocycles. The molecule has 1 heterocycles. The zero-order chi connectivity index (χ0) is 12.3. The number of nitrogens with two attached hydrogens (primary N) is 1. The van der Waals surface area contributed by atoms with Crippen molar-refractivity contribution >= 4 is 0 Å². The quantitative estimate of drug-likeness (QED) is 0.866. The van der Waals surface area contributed by atoms with Gasteiger partial charge in [0, 0.05) is 6.04 Å². The third-order valence-corrected chi connectivity index (χ3v) is 3.79. The molecule has 0 bridgehead atoms. The van der Waals surface area contributed by atoms with Crippen molar-refractivity contribution in [3.8, 4) is 5.75 Å². The first-order valence-electron chi connectivity index (χ1n) is 6.38. The van der Waals surface area contributed by atoms with E-state index in [1.807, 2.05) is 12.1 Å². The average Bonchev–Trinajstić information content (AvgIpc) is 2.81. The van der Waals surface area contributed by atoms with Gasteiger partial charge in [-0.25, -0.2) is 0 Å². The first-order chi connectivity index (χ1) is 8.30. The van der Waals surface area contributed by atoms with E-state index in [1.165, 1.54) is 12.0 Å². The Balaban J connectivity index is 2.22. The molecule has 0 aromatic heterocycles. The van der Waals surface area contributed by atoms with Crippen molar-refractivity contribution in [1.82, 2.24) is 4.90 Å². The fourth-order valence-corrected chi connectivity index (χ4v) is 2.81. The third kappa shape index (κ3) is 2.45. The van der Waals surface area contributed by atoms with E-state index in [0.29, 0.717) is 12.0 Å². The Kier molecular flexibility index (Phi) is 4.02. The maximum absolute atomic E-state index is 5.88. The molecule has 2 N–H and O–H groups in total. The van der Waals surface area contributed by atoms with Gasteiger partial charge in [-0.05, 0) is 49.7 Å². The zero-order valence-electron chi connectivity index (χ0n) is 10.7. The number of nitrogens with zero attached hydrogens (tertiary/aromatic N) is 1. The minimum atomic E-state index is 0.482. The summed E-state index contributed by atoms with van der Waals surface area (Å²) in [5.74, 6) is 1.50. The molecule has 3 nitrogen and oxygen atoms in total. The first kappa shape index (κ1) is 12.4. The van der Waals surface area contributed by atoms with E-state index in [4.69, 9.17) is 10.5 Å². The van der Waals surface area contributed by atoms with Gasteiger partial charge in [-0.3, -0.25) is 4.90 Å². The summed E-state index contributed by atoms with van der Waals surface area (Å²) in [4.78, 5) is 2.51. The third-order valence-electron chi connectivity index (χ3n) is 3.79. The summed E-state index contributed by atoms with van der Waals surface area (Å²) < 4.78 is 5.20. The van der Waals surface area contributed by atoms with Crippen molar-refractivity contribution in [2.75, 3.05) is 26.7 Å². The molecule has 17 heavy (non-hydrogen) atoms. The maximum Gasteiger partial charge on any atom is 0.118 e. The summed E-state index contributed by atoms with van der Waals surface area (Å²) in [5.41, 5.74) is 7.24. The van der Waals surface area contributed by atoms with Crippen LogP contribution in [-0.2, 0) is 0 Å². The lowest BCUT2D eigenvalue weighted by Crippen LogP contribution is -2.28. The molecule has 0 radical (unpaired) electrons. The van der Waals surface area contributed by atoms with Crippen molar-refractivity contribution < 1.29 is 4.74 Å². The number of likely N-dealkylation sites (tertiary alicyclic amines) is 1. The number of methoxy groups -OCH3 is 1.